The Morgan fingerprint density at radius 1 is 1.14 bits per heavy atom. The van der Waals surface area contributed by atoms with Crippen LogP contribution in [0.4, 0.5) is 5.82 Å². The van der Waals surface area contributed by atoms with E-state index in [9.17, 15) is 9.59 Å². The van der Waals surface area contributed by atoms with Crippen molar-refractivity contribution in [2.24, 2.45) is 0 Å². The van der Waals surface area contributed by atoms with Crippen LogP contribution < -0.4 is 15.2 Å². The van der Waals surface area contributed by atoms with Crippen molar-refractivity contribution in [2.45, 2.75) is 38.7 Å². The van der Waals surface area contributed by atoms with Crippen LogP contribution in [-0.2, 0) is 0 Å². The summed E-state index contributed by atoms with van der Waals surface area (Å²) in [5.41, 5.74) is 3.74. The van der Waals surface area contributed by atoms with Gasteiger partial charge in [0.25, 0.3) is 11.8 Å². The third kappa shape index (κ3) is 6.26. The second-order valence-corrected chi connectivity index (χ2v) is 9.82. The molecule has 0 saturated carbocycles. The Hall–Kier alpha value is -3.24. The van der Waals surface area contributed by atoms with E-state index in [1.807, 2.05) is 43.0 Å². The van der Waals surface area contributed by atoms with Gasteiger partial charge in [-0.3, -0.25) is 20.0 Å². The van der Waals surface area contributed by atoms with E-state index in [1.165, 1.54) is 16.3 Å². The van der Waals surface area contributed by atoms with Gasteiger partial charge < -0.3 is 9.64 Å². The highest BCUT2D eigenvalue weighted by Gasteiger charge is 2.27. The Bertz CT molecular complexity index is 1160. The lowest BCUT2D eigenvalue weighted by Crippen LogP contribution is -2.40. The number of aromatic nitrogens is 3. The van der Waals surface area contributed by atoms with E-state index >= 15 is 0 Å². The van der Waals surface area contributed by atoms with Gasteiger partial charge in [-0.1, -0.05) is 11.6 Å². The van der Waals surface area contributed by atoms with Crippen molar-refractivity contribution >= 4 is 40.6 Å². The number of hydrogen-bond donors (Lipinski definition) is 1. The van der Waals surface area contributed by atoms with Crippen LogP contribution in [0.1, 0.15) is 58.5 Å². The molecule has 4 rings (SSSR count). The Morgan fingerprint density at radius 2 is 1.86 bits per heavy atom. The first kappa shape index (κ1) is 24.9. The molecule has 1 aliphatic heterocycles. The monoisotopic (exact) mass is 514 g/mol. The number of halogens is 1. The average Bonchev–Trinajstić information content (AvgIpc) is 3.35. The second-order valence-electron chi connectivity index (χ2n) is 8.54. The number of ether oxygens (including phenoxy) is 1. The van der Waals surface area contributed by atoms with Gasteiger partial charge in [0.05, 0.1) is 11.1 Å². The summed E-state index contributed by atoms with van der Waals surface area (Å²) in [6, 6.07) is 10.5. The summed E-state index contributed by atoms with van der Waals surface area (Å²) in [7, 11) is 1.67. The maximum atomic E-state index is 12.9. The molecule has 2 aromatic heterocycles. The summed E-state index contributed by atoms with van der Waals surface area (Å²) < 4.78 is 5.65. The van der Waals surface area contributed by atoms with E-state index in [0.29, 0.717) is 30.2 Å². The van der Waals surface area contributed by atoms with Gasteiger partial charge in [0, 0.05) is 37.0 Å². The van der Waals surface area contributed by atoms with Crippen LogP contribution >= 0.6 is 22.9 Å². The minimum atomic E-state index is -0.329. The van der Waals surface area contributed by atoms with Gasteiger partial charge in [0.1, 0.15) is 11.4 Å². The lowest BCUT2D eigenvalue weighted by atomic mass is 9.97. The van der Waals surface area contributed by atoms with Gasteiger partial charge in [0.15, 0.2) is 11.0 Å². The van der Waals surface area contributed by atoms with Crippen molar-refractivity contribution < 1.29 is 14.3 Å². The van der Waals surface area contributed by atoms with E-state index in [-0.39, 0.29) is 29.0 Å². The molecular formula is C24H27ClN6O3S. The van der Waals surface area contributed by atoms with Crippen LogP contribution in [0.25, 0.3) is 0 Å². The van der Waals surface area contributed by atoms with Crippen molar-refractivity contribution in [1.29, 1.82) is 0 Å². The maximum absolute atomic E-state index is 12.9. The van der Waals surface area contributed by atoms with Crippen LogP contribution in [-0.4, -0.2) is 58.1 Å². The molecule has 3 aromatic rings. The first-order valence-electron chi connectivity index (χ1n) is 11.4. The van der Waals surface area contributed by atoms with Crippen LogP contribution in [0.2, 0.25) is 5.15 Å². The number of carbonyl (C=O) groups excluding carboxylic acids is 2. The Labute approximate surface area is 213 Å². The van der Waals surface area contributed by atoms with Crippen molar-refractivity contribution in [3.8, 4) is 5.75 Å². The summed E-state index contributed by atoms with van der Waals surface area (Å²) in [6.07, 6.45) is 1.69. The van der Waals surface area contributed by atoms with E-state index in [2.05, 4.69) is 20.6 Å². The third-order valence-electron chi connectivity index (χ3n) is 5.59. The first-order valence-corrected chi connectivity index (χ1v) is 12.6. The second kappa shape index (κ2) is 11.0. The van der Waals surface area contributed by atoms with E-state index < -0.39 is 0 Å². The lowest BCUT2D eigenvalue weighted by Gasteiger charge is -2.31. The van der Waals surface area contributed by atoms with Gasteiger partial charge in [-0.25, -0.2) is 4.98 Å². The molecule has 1 aromatic carbocycles. The molecule has 0 aliphatic carbocycles. The molecule has 0 radical (unpaired) electrons. The fraction of sp³-hybridized carbons (Fsp3) is 0.375. The molecule has 3 heterocycles. The molecular weight excluding hydrogens is 488 g/mol. The zero-order chi connectivity index (χ0) is 24.9. The number of anilines is 1. The lowest BCUT2D eigenvalue weighted by molar-refractivity contribution is 0.0713. The SMILES string of the molecule is CC(C)Oc1ccc(C(=O)N2CCC(c3nc(C(=O)NN(C)c4ccc(Cl)nn4)cs3)CC2)cc1. The molecule has 1 aliphatic rings. The highest BCUT2D eigenvalue weighted by Crippen LogP contribution is 2.31. The average molecular weight is 515 g/mol. The highest BCUT2D eigenvalue weighted by atomic mass is 35.5. The zero-order valence-corrected chi connectivity index (χ0v) is 21.3. The standard InChI is InChI=1S/C24H27ClN6O3S/c1-15(2)34-18-6-4-17(5-7-18)24(33)31-12-10-16(11-13-31)23-26-19(14-35-23)22(32)29-30(3)21-9-8-20(25)27-28-21/h4-9,14-16H,10-13H2,1-3H3,(H,29,32). The molecule has 0 bridgehead atoms. The molecule has 0 spiro atoms. The molecule has 1 saturated heterocycles. The van der Waals surface area contributed by atoms with E-state index in [0.717, 1.165) is 23.6 Å². The van der Waals surface area contributed by atoms with Gasteiger partial charge >= 0.3 is 0 Å². The minimum absolute atomic E-state index is 0.0205. The molecule has 1 fully saturated rings. The van der Waals surface area contributed by atoms with Crippen molar-refractivity contribution in [3.63, 3.8) is 0 Å². The fourth-order valence-electron chi connectivity index (χ4n) is 3.79. The Morgan fingerprint density at radius 3 is 2.49 bits per heavy atom. The molecule has 11 heteroatoms. The largest absolute Gasteiger partial charge is 0.491 e. The van der Waals surface area contributed by atoms with Crippen molar-refractivity contribution in [2.75, 3.05) is 25.1 Å². The Balaban J connectivity index is 1.30. The number of likely N-dealkylation sites (tertiary alicyclic amines) is 1. The normalized spacial score (nSPS) is 14.1. The van der Waals surface area contributed by atoms with Crippen LogP contribution in [0.3, 0.4) is 0 Å². The number of hydrazine groups is 1. The summed E-state index contributed by atoms with van der Waals surface area (Å²) in [6.45, 7) is 5.23. The summed E-state index contributed by atoms with van der Waals surface area (Å²) >= 11 is 7.23. The zero-order valence-electron chi connectivity index (χ0n) is 19.8. The van der Waals surface area contributed by atoms with Gasteiger partial charge in [0.2, 0.25) is 0 Å². The van der Waals surface area contributed by atoms with Gasteiger partial charge in [-0.15, -0.1) is 21.5 Å². The van der Waals surface area contributed by atoms with Crippen LogP contribution in [0, 0.1) is 0 Å². The first-order chi connectivity index (χ1) is 16.8. The summed E-state index contributed by atoms with van der Waals surface area (Å²) in [5.74, 6) is 1.12. The van der Waals surface area contributed by atoms with Crippen molar-refractivity contribution in [1.82, 2.24) is 25.5 Å². The number of amides is 2. The third-order valence-corrected chi connectivity index (χ3v) is 6.80. The number of thiazole rings is 1. The van der Waals surface area contributed by atoms with E-state index in [4.69, 9.17) is 16.3 Å². The number of nitrogens with one attached hydrogen (secondary N) is 1. The fourth-order valence-corrected chi connectivity index (χ4v) is 4.87. The molecule has 0 atom stereocenters. The number of hydrogen-bond acceptors (Lipinski definition) is 8. The van der Waals surface area contributed by atoms with E-state index in [1.54, 1.807) is 24.6 Å². The van der Waals surface area contributed by atoms with Crippen LogP contribution in [0.5, 0.6) is 5.75 Å². The number of benzene rings is 1. The quantitative estimate of drug-likeness (QED) is 0.472. The molecule has 184 valence electrons. The molecule has 9 nitrogen and oxygen atoms in total. The number of carbonyl (C=O) groups is 2. The highest BCUT2D eigenvalue weighted by molar-refractivity contribution is 7.09. The number of rotatable bonds is 7. The topological polar surface area (TPSA) is 101 Å². The van der Waals surface area contributed by atoms with Gasteiger partial charge in [-0.05, 0) is 63.1 Å². The number of piperidine rings is 1. The maximum Gasteiger partial charge on any atom is 0.289 e. The summed E-state index contributed by atoms with van der Waals surface area (Å²) in [4.78, 5) is 32.0. The molecule has 2 amide bonds. The Kier molecular flexibility index (Phi) is 7.82. The smallest absolute Gasteiger partial charge is 0.289 e. The summed E-state index contributed by atoms with van der Waals surface area (Å²) in [5, 5.41) is 12.1. The number of nitrogens with zero attached hydrogens (tertiary/aromatic N) is 5. The molecule has 0 unspecified atom stereocenters. The molecule has 35 heavy (non-hydrogen) atoms. The minimum Gasteiger partial charge on any atom is -0.491 e. The van der Waals surface area contributed by atoms with Crippen molar-refractivity contribution in [3.05, 3.63) is 63.2 Å². The predicted molar refractivity (Wildman–Crippen MR) is 135 cm³/mol. The molecule has 1 N–H and O–H groups in total. The predicted octanol–water partition coefficient (Wildman–Crippen LogP) is 4.17. The van der Waals surface area contributed by atoms with Crippen LogP contribution in [0.15, 0.2) is 41.8 Å². The van der Waals surface area contributed by atoms with Gasteiger partial charge in [-0.2, -0.15) is 0 Å².